The van der Waals surface area contributed by atoms with Crippen LogP contribution in [0.5, 0.6) is 0 Å². The molecule has 0 saturated carbocycles. The third-order valence-corrected chi connectivity index (χ3v) is 4.68. The second-order valence-corrected chi connectivity index (χ2v) is 6.48. The monoisotopic (exact) mass is 318 g/mol. The molecule has 1 aliphatic heterocycles. The molecule has 1 saturated heterocycles. The molecular weight excluding hydrogens is 295 g/mol. The van der Waals surface area contributed by atoms with Crippen molar-refractivity contribution in [2.75, 3.05) is 19.6 Å². The zero-order valence-electron chi connectivity index (χ0n) is 14.2. The average Bonchev–Trinajstić information content (AvgIpc) is 3.08. The van der Waals surface area contributed by atoms with Crippen LogP contribution in [0.1, 0.15) is 40.4 Å². The van der Waals surface area contributed by atoms with Gasteiger partial charge in [-0.2, -0.15) is 0 Å². The maximum atomic E-state index is 12.8. The van der Waals surface area contributed by atoms with Gasteiger partial charge in [-0.05, 0) is 44.0 Å². The van der Waals surface area contributed by atoms with Gasteiger partial charge in [-0.25, -0.2) is 0 Å². The molecule has 24 heavy (non-hydrogen) atoms. The zero-order valence-corrected chi connectivity index (χ0v) is 14.2. The number of aryl methyl sites for hydroxylation is 1. The zero-order chi connectivity index (χ0) is 16.9. The number of hydrogen-bond donors (Lipinski definition) is 1. The summed E-state index contributed by atoms with van der Waals surface area (Å²) < 4.78 is 0. The van der Waals surface area contributed by atoms with Crippen molar-refractivity contribution in [1.29, 1.82) is 0 Å². The number of carbonyl (C=O) groups is 1. The second kappa shape index (κ2) is 7.67. The first-order valence-electron chi connectivity index (χ1n) is 8.58. The topological polar surface area (TPSA) is 32.3 Å². The molecule has 2 aromatic rings. The van der Waals surface area contributed by atoms with Crippen molar-refractivity contribution in [2.24, 2.45) is 0 Å². The summed E-state index contributed by atoms with van der Waals surface area (Å²) in [5, 5.41) is 3.20. The number of hydrogen-bond acceptors (Lipinski definition) is 2. The van der Waals surface area contributed by atoms with Crippen LogP contribution in [0.2, 0.25) is 0 Å². The van der Waals surface area contributed by atoms with Crippen LogP contribution < -0.4 is 10.8 Å². The molecule has 4 heteroatoms. The van der Waals surface area contributed by atoms with Gasteiger partial charge in [0.15, 0.2) is 0 Å². The number of nitrogens with zero attached hydrogens (tertiary/aromatic N) is 1. The van der Waals surface area contributed by atoms with Crippen LogP contribution in [-0.4, -0.2) is 38.3 Å². The van der Waals surface area contributed by atoms with E-state index in [4.69, 9.17) is 7.85 Å². The van der Waals surface area contributed by atoms with Gasteiger partial charge in [-0.1, -0.05) is 54.0 Å². The second-order valence-electron chi connectivity index (χ2n) is 6.48. The summed E-state index contributed by atoms with van der Waals surface area (Å²) in [6, 6.07) is 15.7. The minimum Gasteiger partial charge on any atom is -0.344 e. The fraction of sp³-hybridized carbons (Fsp3) is 0.350. The third-order valence-electron chi connectivity index (χ3n) is 4.68. The van der Waals surface area contributed by atoms with E-state index in [0.717, 1.165) is 30.8 Å². The molecule has 1 heterocycles. The molecular formula is C20H23BN2O. The highest BCUT2D eigenvalue weighted by Gasteiger charge is 2.22. The van der Waals surface area contributed by atoms with E-state index in [1.807, 2.05) is 37.3 Å². The molecule has 2 radical (unpaired) electrons. The summed E-state index contributed by atoms with van der Waals surface area (Å²) in [5.74, 6) is -0.0985. The molecule has 0 bridgehead atoms. The van der Waals surface area contributed by atoms with E-state index in [9.17, 15) is 4.79 Å². The van der Waals surface area contributed by atoms with Crippen molar-refractivity contribution in [2.45, 2.75) is 25.8 Å². The third kappa shape index (κ3) is 3.88. The van der Waals surface area contributed by atoms with Gasteiger partial charge in [0.05, 0.1) is 6.04 Å². The Morgan fingerprint density at radius 2 is 1.83 bits per heavy atom. The van der Waals surface area contributed by atoms with E-state index in [2.05, 4.69) is 22.3 Å². The van der Waals surface area contributed by atoms with Gasteiger partial charge in [0.1, 0.15) is 7.85 Å². The molecule has 1 aliphatic rings. The SMILES string of the molecule is [B]c1cccc(C)c1C(=O)NC(CN1CCCC1)c1ccccc1. The summed E-state index contributed by atoms with van der Waals surface area (Å²) in [6.07, 6.45) is 2.47. The lowest BCUT2D eigenvalue weighted by Crippen LogP contribution is -2.39. The number of nitrogens with one attached hydrogen (secondary N) is 1. The first kappa shape index (κ1) is 16.8. The molecule has 0 aromatic heterocycles. The van der Waals surface area contributed by atoms with Gasteiger partial charge in [-0.15, -0.1) is 0 Å². The fourth-order valence-corrected chi connectivity index (χ4v) is 3.37. The molecule has 3 nitrogen and oxygen atoms in total. The van der Waals surface area contributed by atoms with E-state index in [1.54, 1.807) is 6.07 Å². The van der Waals surface area contributed by atoms with Crippen LogP contribution in [0.4, 0.5) is 0 Å². The van der Waals surface area contributed by atoms with Crippen LogP contribution >= 0.6 is 0 Å². The van der Waals surface area contributed by atoms with Crippen molar-refractivity contribution in [1.82, 2.24) is 10.2 Å². The number of likely N-dealkylation sites (tertiary alicyclic amines) is 1. The highest BCUT2D eigenvalue weighted by molar-refractivity contribution is 6.36. The molecule has 2 aromatic carbocycles. The van der Waals surface area contributed by atoms with E-state index in [0.29, 0.717) is 11.0 Å². The first-order valence-corrected chi connectivity index (χ1v) is 8.58. The number of carbonyl (C=O) groups excluding carboxylic acids is 1. The lowest BCUT2D eigenvalue weighted by atomic mass is 9.87. The van der Waals surface area contributed by atoms with Crippen LogP contribution in [0.15, 0.2) is 48.5 Å². The summed E-state index contributed by atoms with van der Waals surface area (Å²) in [5.41, 5.74) is 3.14. The Labute approximate surface area is 145 Å². The van der Waals surface area contributed by atoms with E-state index >= 15 is 0 Å². The van der Waals surface area contributed by atoms with Crippen molar-refractivity contribution >= 4 is 19.2 Å². The smallest absolute Gasteiger partial charge is 0.251 e. The first-order chi connectivity index (χ1) is 11.6. The highest BCUT2D eigenvalue weighted by Crippen LogP contribution is 2.18. The molecule has 1 unspecified atom stereocenters. The van der Waals surface area contributed by atoms with Crippen molar-refractivity contribution in [3.8, 4) is 0 Å². The van der Waals surface area contributed by atoms with Crippen LogP contribution in [-0.2, 0) is 0 Å². The molecule has 1 amide bonds. The summed E-state index contributed by atoms with van der Waals surface area (Å²) in [6.45, 7) is 4.96. The lowest BCUT2D eigenvalue weighted by molar-refractivity contribution is 0.0928. The normalized spacial score (nSPS) is 16.0. The van der Waals surface area contributed by atoms with Crippen molar-refractivity contribution in [3.05, 3.63) is 65.2 Å². The average molecular weight is 318 g/mol. The van der Waals surface area contributed by atoms with Gasteiger partial charge < -0.3 is 10.2 Å². The van der Waals surface area contributed by atoms with E-state index in [1.165, 1.54) is 12.8 Å². The molecule has 0 spiro atoms. The van der Waals surface area contributed by atoms with Gasteiger partial charge >= 0.3 is 0 Å². The predicted octanol–water partition coefficient (Wildman–Crippen LogP) is 2.36. The predicted molar refractivity (Wildman–Crippen MR) is 98.9 cm³/mol. The van der Waals surface area contributed by atoms with Crippen LogP contribution in [0.3, 0.4) is 0 Å². The Kier molecular flexibility index (Phi) is 5.36. The molecule has 1 N–H and O–H groups in total. The fourth-order valence-electron chi connectivity index (χ4n) is 3.37. The molecule has 0 aliphatic carbocycles. The van der Waals surface area contributed by atoms with Gasteiger partial charge in [-0.3, -0.25) is 4.79 Å². The maximum absolute atomic E-state index is 12.8. The van der Waals surface area contributed by atoms with Crippen molar-refractivity contribution in [3.63, 3.8) is 0 Å². The maximum Gasteiger partial charge on any atom is 0.251 e. The Hall–Kier alpha value is -2.07. The largest absolute Gasteiger partial charge is 0.344 e. The van der Waals surface area contributed by atoms with Gasteiger partial charge in [0.2, 0.25) is 0 Å². The molecule has 1 fully saturated rings. The molecule has 122 valence electrons. The summed E-state index contributed by atoms with van der Waals surface area (Å²) in [4.78, 5) is 15.3. The Morgan fingerprint density at radius 3 is 2.50 bits per heavy atom. The Balaban J connectivity index is 1.81. The number of amides is 1. The quantitative estimate of drug-likeness (QED) is 0.859. The minimum atomic E-state index is -0.0985. The molecule has 3 rings (SSSR count). The van der Waals surface area contributed by atoms with Gasteiger partial charge in [0, 0.05) is 12.1 Å². The van der Waals surface area contributed by atoms with Crippen LogP contribution in [0.25, 0.3) is 0 Å². The summed E-state index contributed by atoms with van der Waals surface area (Å²) in [7, 11) is 6.03. The van der Waals surface area contributed by atoms with E-state index < -0.39 is 0 Å². The van der Waals surface area contributed by atoms with Crippen molar-refractivity contribution < 1.29 is 4.79 Å². The highest BCUT2D eigenvalue weighted by atomic mass is 16.1. The van der Waals surface area contributed by atoms with E-state index in [-0.39, 0.29) is 11.9 Å². The van der Waals surface area contributed by atoms with Crippen LogP contribution in [0, 0.1) is 6.92 Å². The van der Waals surface area contributed by atoms with Gasteiger partial charge in [0.25, 0.3) is 5.91 Å². The minimum absolute atomic E-state index is 0.0317. The lowest BCUT2D eigenvalue weighted by Gasteiger charge is -2.25. The Morgan fingerprint density at radius 1 is 1.12 bits per heavy atom. The molecule has 1 atom stereocenters. The Bertz CT molecular complexity index is 676. The summed E-state index contributed by atoms with van der Waals surface area (Å²) >= 11 is 0. The number of rotatable bonds is 5. The standard InChI is InChI=1S/C20H23BN2O/c1-15-8-7-11-17(21)19(15)20(24)22-18(14-23-12-5-6-13-23)16-9-3-2-4-10-16/h2-4,7-11,18H,5-6,12-14H2,1H3,(H,22,24). The number of benzene rings is 2.